The average Bonchev–Trinajstić information content (AvgIpc) is 2.91. The van der Waals surface area contributed by atoms with Crippen LogP contribution in [0.5, 0.6) is 0 Å². The molecule has 0 radical (unpaired) electrons. The van der Waals surface area contributed by atoms with E-state index in [2.05, 4.69) is 0 Å². The third kappa shape index (κ3) is 7.06. The zero-order valence-electron chi connectivity index (χ0n) is 20.8. The molecule has 0 saturated heterocycles. The number of carbonyl (C=O) groups excluding carboxylic acids is 4. The van der Waals surface area contributed by atoms with Crippen LogP contribution < -0.4 is 9.80 Å². The first-order valence-electron chi connectivity index (χ1n) is 11.3. The van der Waals surface area contributed by atoms with Gasteiger partial charge in [-0.2, -0.15) is 0 Å². The van der Waals surface area contributed by atoms with Gasteiger partial charge in [0.15, 0.2) is 0 Å². The summed E-state index contributed by atoms with van der Waals surface area (Å²) in [4.78, 5) is 45.9. The highest BCUT2D eigenvalue weighted by atomic mass is 19.1. The maximum Gasteiger partial charge on any atom is 0.250 e. The molecule has 3 rings (SSSR count). The molecule has 0 heterocycles. The first-order chi connectivity index (χ1) is 17.3. The molecule has 0 fully saturated rings. The monoisotopic (exact) mass is 488 g/mol. The summed E-state index contributed by atoms with van der Waals surface area (Å²) >= 11 is 0. The third-order valence-corrected chi connectivity index (χ3v) is 5.45. The fraction of sp³-hybridized carbons (Fsp3) is 0.172. The lowest BCUT2D eigenvalue weighted by molar-refractivity contribution is -0.118. The number of carbonyl (C=O) groups is 4. The normalized spacial score (nSPS) is 10.2. The lowest BCUT2D eigenvalue weighted by atomic mass is 9.99. The van der Waals surface area contributed by atoms with Gasteiger partial charge >= 0.3 is 0 Å². The van der Waals surface area contributed by atoms with Gasteiger partial charge < -0.3 is 14.6 Å². The molecule has 7 heteroatoms. The number of likely N-dealkylation sites (N-methyl/N-ethyl adjacent to an activating group) is 1. The minimum absolute atomic E-state index is 0.0492. The molecular formula is C29H29FN2O4. The summed E-state index contributed by atoms with van der Waals surface area (Å²) in [7, 11) is 3.27. The maximum atomic E-state index is 14.8. The number of hydrogen-bond acceptors (Lipinski definition) is 4. The van der Waals surface area contributed by atoms with E-state index in [4.69, 9.17) is 4.79 Å². The number of anilines is 2. The first-order valence-corrected chi connectivity index (χ1v) is 11.3. The van der Waals surface area contributed by atoms with Gasteiger partial charge in [0.1, 0.15) is 18.4 Å². The molecule has 186 valence electrons. The van der Waals surface area contributed by atoms with Gasteiger partial charge in [0.05, 0.1) is 0 Å². The summed E-state index contributed by atoms with van der Waals surface area (Å²) in [5.41, 5.74) is 4.31. The van der Waals surface area contributed by atoms with Crippen molar-refractivity contribution in [2.24, 2.45) is 0 Å². The van der Waals surface area contributed by atoms with Crippen LogP contribution >= 0.6 is 0 Å². The summed E-state index contributed by atoms with van der Waals surface area (Å²) in [6.07, 6.45) is 3.94. The van der Waals surface area contributed by atoms with Crippen molar-refractivity contribution in [3.63, 3.8) is 0 Å². The van der Waals surface area contributed by atoms with Crippen LogP contribution in [0.3, 0.4) is 0 Å². The molecule has 0 saturated carbocycles. The smallest absolute Gasteiger partial charge is 0.250 e. The second-order valence-corrected chi connectivity index (χ2v) is 7.72. The van der Waals surface area contributed by atoms with Crippen LogP contribution in [-0.4, -0.2) is 38.5 Å². The van der Waals surface area contributed by atoms with Crippen molar-refractivity contribution in [1.82, 2.24) is 0 Å². The minimum Gasteiger partial charge on any atom is -0.316 e. The van der Waals surface area contributed by atoms with Gasteiger partial charge in [0.2, 0.25) is 5.91 Å². The molecule has 3 aromatic rings. The number of hydrogen-bond donors (Lipinski definition) is 0. The van der Waals surface area contributed by atoms with Crippen LogP contribution in [0, 0.1) is 5.82 Å². The molecule has 0 unspecified atom stereocenters. The van der Waals surface area contributed by atoms with Crippen LogP contribution in [-0.2, 0) is 19.2 Å². The predicted octanol–water partition coefficient (Wildman–Crippen LogP) is 5.46. The fourth-order valence-corrected chi connectivity index (χ4v) is 3.41. The largest absolute Gasteiger partial charge is 0.316 e. The van der Waals surface area contributed by atoms with Gasteiger partial charge in [-0.1, -0.05) is 43.3 Å². The molecule has 0 aliphatic carbocycles. The van der Waals surface area contributed by atoms with E-state index in [1.165, 1.54) is 24.9 Å². The van der Waals surface area contributed by atoms with Gasteiger partial charge in [-0.25, -0.2) is 4.39 Å². The molecule has 0 bridgehead atoms. The molecule has 0 spiro atoms. The van der Waals surface area contributed by atoms with Gasteiger partial charge in [0, 0.05) is 43.5 Å². The number of halogens is 1. The van der Waals surface area contributed by atoms with Gasteiger partial charge in [-0.3, -0.25) is 14.4 Å². The standard InChI is InChI=1S/C27H25FN2O3.C2H4O/c1-4-26(32)29(2)22-13-11-20(12-14-22)19-7-9-21(10-8-19)24-16-15-23(18-25(24)28)30(3)27(33)6-5-17-31;1-2-3/h5-18H,4H2,1-3H3;2H,1H3/b6-5-;. The van der Waals surface area contributed by atoms with Crippen molar-refractivity contribution in [3.8, 4) is 22.3 Å². The van der Waals surface area contributed by atoms with Crippen LogP contribution in [0.4, 0.5) is 15.8 Å². The number of amides is 2. The Bertz CT molecular complexity index is 1240. The predicted molar refractivity (Wildman–Crippen MR) is 141 cm³/mol. The van der Waals surface area contributed by atoms with E-state index in [9.17, 15) is 18.8 Å². The SMILES string of the molecule is CC=O.CCC(=O)N(C)c1ccc(-c2ccc(-c3ccc(N(C)C(=O)/C=C\C=O)cc3F)cc2)cc1. The van der Waals surface area contributed by atoms with Gasteiger partial charge in [-0.15, -0.1) is 0 Å². The van der Waals surface area contributed by atoms with E-state index in [1.54, 1.807) is 24.1 Å². The van der Waals surface area contributed by atoms with Crippen LogP contribution in [0.2, 0.25) is 0 Å². The van der Waals surface area contributed by atoms with Crippen molar-refractivity contribution >= 4 is 35.8 Å². The van der Waals surface area contributed by atoms with E-state index < -0.39 is 11.7 Å². The van der Waals surface area contributed by atoms with Gasteiger partial charge in [-0.05, 0) is 60.0 Å². The number of nitrogens with zero attached hydrogens (tertiary/aromatic N) is 2. The maximum absolute atomic E-state index is 14.8. The van der Waals surface area contributed by atoms with Crippen molar-refractivity contribution in [2.75, 3.05) is 23.9 Å². The molecule has 0 aliphatic heterocycles. The van der Waals surface area contributed by atoms with Crippen molar-refractivity contribution < 1.29 is 23.6 Å². The van der Waals surface area contributed by atoms with E-state index in [1.807, 2.05) is 55.5 Å². The Morgan fingerprint density at radius 1 is 0.806 bits per heavy atom. The summed E-state index contributed by atoms with van der Waals surface area (Å²) in [5.74, 6) is -0.824. The highest BCUT2D eigenvalue weighted by Gasteiger charge is 2.13. The second kappa shape index (κ2) is 13.5. The molecule has 2 amide bonds. The van der Waals surface area contributed by atoms with Gasteiger partial charge in [0.25, 0.3) is 5.91 Å². The van der Waals surface area contributed by atoms with E-state index in [-0.39, 0.29) is 5.91 Å². The van der Waals surface area contributed by atoms with E-state index >= 15 is 0 Å². The molecule has 0 aromatic heterocycles. The molecule has 3 aromatic carbocycles. The zero-order valence-corrected chi connectivity index (χ0v) is 20.8. The molecular weight excluding hydrogens is 459 g/mol. The first kappa shape index (κ1) is 27.9. The topological polar surface area (TPSA) is 74.8 Å². The summed E-state index contributed by atoms with van der Waals surface area (Å²) in [6.45, 7) is 3.27. The van der Waals surface area contributed by atoms with Crippen molar-refractivity contribution in [1.29, 1.82) is 0 Å². The Hall–Kier alpha value is -4.39. The Labute approximate surface area is 210 Å². The fourth-order valence-electron chi connectivity index (χ4n) is 3.41. The average molecular weight is 489 g/mol. The molecule has 0 N–H and O–H groups in total. The quantitative estimate of drug-likeness (QED) is 0.327. The number of allylic oxidation sites excluding steroid dienone is 1. The van der Waals surface area contributed by atoms with Crippen LogP contribution in [0.15, 0.2) is 78.9 Å². The molecule has 36 heavy (non-hydrogen) atoms. The van der Waals surface area contributed by atoms with Crippen molar-refractivity contribution in [2.45, 2.75) is 20.3 Å². The lowest BCUT2D eigenvalue weighted by Crippen LogP contribution is -2.24. The number of rotatable bonds is 7. The second-order valence-electron chi connectivity index (χ2n) is 7.72. The summed E-state index contributed by atoms with van der Waals surface area (Å²) < 4.78 is 14.8. The Balaban J connectivity index is 0.00000145. The Morgan fingerprint density at radius 2 is 1.31 bits per heavy atom. The summed E-state index contributed by atoms with van der Waals surface area (Å²) in [6, 6.07) is 19.8. The van der Waals surface area contributed by atoms with Crippen molar-refractivity contribution in [3.05, 3.63) is 84.7 Å². The summed E-state index contributed by atoms with van der Waals surface area (Å²) in [5, 5.41) is 0. The molecule has 0 aliphatic rings. The third-order valence-electron chi connectivity index (χ3n) is 5.45. The number of aldehydes is 2. The van der Waals surface area contributed by atoms with E-state index in [0.717, 1.165) is 35.3 Å². The molecule has 0 atom stereocenters. The van der Waals surface area contributed by atoms with Crippen LogP contribution in [0.1, 0.15) is 20.3 Å². The Kier molecular flexibility index (Phi) is 10.4. The van der Waals surface area contributed by atoms with Crippen LogP contribution in [0.25, 0.3) is 22.3 Å². The Morgan fingerprint density at radius 3 is 1.81 bits per heavy atom. The van der Waals surface area contributed by atoms with E-state index in [0.29, 0.717) is 29.5 Å². The zero-order chi connectivity index (χ0) is 26.7. The highest BCUT2D eigenvalue weighted by Crippen LogP contribution is 2.30. The highest BCUT2D eigenvalue weighted by molar-refractivity contribution is 6.02. The lowest BCUT2D eigenvalue weighted by Gasteiger charge is -2.17. The molecule has 6 nitrogen and oxygen atoms in total. The minimum atomic E-state index is -0.452. The number of benzene rings is 3.